The quantitative estimate of drug-likeness (QED) is 0.285. The number of fused-ring (bicyclic) bond motifs is 1. The van der Waals surface area contributed by atoms with E-state index in [1.165, 1.54) is 31.1 Å². The van der Waals surface area contributed by atoms with Crippen molar-refractivity contribution >= 4 is 22.0 Å². The van der Waals surface area contributed by atoms with Crippen molar-refractivity contribution in [3.63, 3.8) is 0 Å². The number of benzene rings is 4. The lowest BCUT2D eigenvalue weighted by Gasteiger charge is -2.39. The molecule has 1 atom stereocenters. The first kappa shape index (κ1) is 32.4. The first-order valence-electron chi connectivity index (χ1n) is 14.7. The molecule has 1 aliphatic heterocycles. The molecule has 0 spiro atoms. The van der Waals surface area contributed by atoms with E-state index in [1.54, 1.807) is 12.1 Å². The fourth-order valence-corrected chi connectivity index (χ4v) is 5.99. The summed E-state index contributed by atoms with van der Waals surface area (Å²) in [6.07, 6.45) is 0.0224. The molecule has 0 unspecified atom stereocenters. The van der Waals surface area contributed by atoms with Crippen LogP contribution < -0.4 is 9.46 Å². The molecule has 4 aromatic carbocycles. The predicted molar refractivity (Wildman–Crippen MR) is 173 cm³/mol. The molecule has 1 heterocycles. The molecule has 0 aliphatic carbocycles. The number of hydrogen-bond donors (Lipinski definition) is 1. The van der Waals surface area contributed by atoms with E-state index in [2.05, 4.69) is 16.6 Å². The average Bonchev–Trinajstić information content (AvgIpc) is 3.05. The Bertz CT molecular complexity index is 1850. The maximum Gasteiger partial charge on any atom is 0.303 e. The van der Waals surface area contributed by atoms with Crippen molar-refractivity contribution in [2.24, 2.45) is 0 Å². The largest absolute Gasteiger partial charge is 0.480 e. The highest BCUT2D eigenvalue weighted by molar-refractivity contribution is 7.87. The van der Waals surface area contributed by atoms with Crippen LogP contribution in [0.3, 0.4) is 0 Å². The number of halogens is 1. The molecule has 1 N–H and O–H groups in total. The van der Waals surface area contributed by atoms with Gasteiger partial charge in [-0.15, -0.1) is 0 Å². The molecule has 236 valence electrons. The zero-order chi connectivity index (χ0) is 32.8. The Balaban J connectivity index is 1.52. The van der Waals surface area contributed by atoms with Crippen molar-refractivity contribution < 1.29 is 27.1 Å². The summed E-state index contributed by atoms with van der Waals surface area (Å²) in [5.41, 5.74) is 4.41. The molecular formula is C36H34FN3O5S. The highest BCUT2D eigenvalue weighted by Crippen LogP contribution is 2.36. The molecular weight excluding hydrogens is 605 g/mol. The van der Waals surface area contributed by atoms with E-state index < -0.39 is 28.1 Å². The second kappa shape index (κ2) is 14.0. The lowest BCUT2D eigenvalue weighted by molar-refractivity contribution is -0.141. The van der Waals surface area contributed by atoms with Gasteiger partial charge in [-0.05, 0) is 53.4 Å². The van der Waals surface area contributed by atoms with E-state index in [-0.39, 0.29) is 31.3 Å². The Hall–Kier alpha value is -4.98. The Morgan fingerprint density at radius 3 is 2.15 bits per heavy atom. The number of aryl methyl sites for hydroxylation is 1. The molecule has 1 aliphatic rings. The third-order valence-electron chi connectivity index (χ3n) is 7.84. The van der Waals surface area contributed by atoms with Gasteiger partial charge < -0.3 is 9.64 Å². The highest BCUT2D eigenvalue weighted by atomic mass is 32.2. The molecule has 8 nitrogen and oxygen atoms in total. The van der Waals surface area contributed by atoms with Gasteiger partial charge in [0.05, 0.1) is 5.92 Å². The fraction of sp³-hybridized carbons (Fsp3) is 0.222. The van der Waals surface area contributed by atoms with Crippen LogP contribution in [0.2, 0.25) is 0 Å². The molecule has 0 fully saturated rings. The second-order valence-corrected chi connectivity index (χ2v) is 13.0. The predicted octanol–water partition coefficient (Wildman–Crippen LogP) is 4.57. The van der Waals surface area contributed by atoms with Crippen molar-refractivity contribution in [1.82, 2.24) is 13.9 Å². The second-order valence-electron chi connectivity index (χ2n) is 11.1. The maximum absolute atomic E-state index is 14.6. The molecule has 10 heteroatoms. The lowest BCUT2D eigenvalue weighted by atomic mass is 9.86. The zero-order valence-corrected chi connectivity index (χ0v) is 26.6. The molecule has 0 bridgehead atoms. The van der Waals surface area contributed by atoms with Gasteiger partial charge in [-0.25, -0.2) is 9.11 Å². The smallest absolute Gasteiger partial charge is 0.303 e. The molecule has 46 heavy (non-hydrogen) atoms. The molecule has 0 saturated carbocycles. The van der Waals surface area contributed by atoms with Gasteiger partial charge in [0.15, 0.2) is 0 Å². The molecule has 2 amide bonds. The molecule has 0 radical (unpaired) electrons. The van der Waals surface area contributed by atoms with Crippen molar-refractivity contribution in [3.05, 3.63) is 136 Å². The Kier molecular flexibility index (Phi) is 9.85. The number of carbonyl (C=O) groups excluding carboxylic acids is 2. The minimum absolute atomic E-state index is 0.0211. The molecule has 0 aromatic heterocycles. The van der Waals surface area contributed by atoms with Gasteiger partial charge in [-0.3, -0.25) is 9.59 Å². The van der Waals surface area contributed by atoms with Crippen molar-refractivity contribution in [2.45, 2.75) is 31.8 Å². The Morgan fingerprint density at radius 1 is 0.957 bits per heavy atom. The monoisotopic (exact) mass is 639 g/mol. The molecule has 4 aromatic rings. The van der Waals surface area contributed by atoms with Crippen LogP contribution in [0.25, 0.3) is 0 Å². The number of nitrogens with zero attached hydrogens (tertiary/aromatic N) is 2. The summed E-state index contributed by atoms with van der Waals surface area (Å²) in [6.45, 7) is 1.95. The summed E-state index contributed by atoms with van der Waals surface area (Å²) in [7, 11) is -1.51. The van der Waals surface area contributed by atoms with Crippen LogP contribution in [-0.2, 0) is 32.8 Å². The number of hydrogen-bond acceptors (Lipinski definition) is 5. The Labute approximate surface area is 269 Å². The molecule has 5 rings (SSSR count). The standard InChI is InChI=1S/C36H34FN3O5S/c1-25-16-19-29-24-40(36(42)33(27-12-6-4-7-13-27)28-14-8-5-9-15-28)32(35(41)38-46(43,44)39(2)3)23-31(29)34(25)45-22-10-11-26-17-20-30(37)21-18-26/h4-9,12-21,32-33H,22-24H2,1-3H3,(H,38,41)/t32-/m0/s1. The number of nitrogens with one attached hydrogen (secondary N) is 1. The van der Waals surface area contributed by atoms with Crippen molar-refractivity contribution in [1.29, 1.82) is 0 Å². The van der Waals surface area contributed by atoms with Crippen LogP contribution in [0.15, 0.2) is 97.1 Å². The number of carbonyl (C=O) groups is 2. The number of amides is 2. The van der Waals surface area contributed by atoms with Crippen LogP contribution >= 0.6 is 0 Å². The lowest BCUT2D eigenvalue weighted by Crippen LogP contribution is -2.55. The van der Waals surface area contributed by atoms with Crippen LogP contribution in [0, 0.1) is 24.6 Å². The number of rotatable bonds is 8. The highest BCUT2D eigenvalue weighted by Gasteiger charge is 2.41. The van der Waals surface area contributed by atoms with Gasteiger partial charge in [-0.1, -0.05) is 84.6 Å². The third-order valence-corrected chi connectivity index (χ3v) is 9.26. The normalized spacial score (nSPS) is 14.3. The fourth-order valence-electron chi connectivity index (χ4n) is 5.42. The van der Waals surface area contributed by atoms with Gasteiger partial charge in [0.25, 0.3) is 5.91 Å². The van der Waals surface area contributed by atoms with Crippen LogP contribution in [0.1, 0.15) is 39.3 Å². The maximum atomic E-state index is 14.6. The summed E-state index contributed by atoms with van der Waals surface area (Å²) in [4.78, 5) is 29.8. The van der Waals surface area contributed by atoms with Gasteiger partial charge in [-0.2, -0.15) is 12.7 Å². The summed E-state index contributed by atoms with van der Waals surface area (Å²) in [5, 5.41) is 0. The summed E-state index contributed by atoms with van der Waals surface area (Å²) >= 11 is 0. The summed E-state index contributed by atoms with van der Waals surface area (Å²) in [5.74, 6) is 4.16. The minimum atomic E-state index is -4.14. The Morgan fingerprint density at radius 2 is 1.57 bits per heavy atom. The van der Waals surface area contributed by atoms with Crippen LogP contribution in [-0.4, -0.2) is 56.2 Å². The van der Waals surface area contributed by atoms with Gasteiger partial charge in [0, 0.05) is 38.2 Å². The summed E-state index contributed by atoms with van der Waals surface area (Å²) < 4.78 is 47.9. The van der Waals surface area contributed by atoms with E-state index in [4.69, 9.17) is 4.74 Å². The van der Waals surface area contributed by atoms with Crippen molar-refractivity contribution in [2.75, 3.05) is 20.7 Å². The van der Waals surface area contributed by atoms with E-state index in [1.807, 2.05) is 79.7 Å². The van der Waals surface area contributed by atoms with Gasteiger partial charge >= 0.3 is 10.2 Å². The third kappa shape index (κ3) is 7.28. The van der Waals surface area contributed by atoms with Crippen LogP contribution in [0.5, 0.6) is 5.75 Å². The first-order chi connectivity index (χ1) is 22.0. The zero-order valence-electron chi connectivity index (χ0n) is 25.7. The van der Waals surface area contributed by atoms with Crippen LogP contribution in [0.4, 0.5) is 4.39 Å². The number of ether oxygens (including phenoxy) is 1. The SMILES string of the molecule is Cc1ccc2c(c1OCC#Cc1ccc(F)cc1)C[C@@H](C(=O)NS(=O)(=O)N(C)C)N(C(=O)C(c1ccccc1)c1ccccc1)C2. The van der Waals surface area contributed by atoms with Gasteiger partial charge in [0.1, 0.15) is 24.2 Å². The average molecular weight is 640 g/mol. The van der Waals surface area contributed by atoms with E-state index >= 15 is 0 Å². The van der Waals surface area contributed by atoms with E-state index in [0.717, 1.165) is 26.6 Å². The van der Waals surface area contributed by atoms with Crippen molar-refractivity contribution in [3.8, 4) is 17.6 Å². The minimum Gasteiger partial charge on any atom is -0.480 e. The summed E-state index contributed by atoms with van der Waals surface area (Å²) in [6, 6.07) is 27.0. The van der Waals surface area contributed by atoms with Gasteiger partial charge in [0.2, 0.25) is 5.91 Å². The topological polar surface area (TPSA) is 96.0 Å². The van der Waals surface area contributed by atoms with E-state index in [0.29, 0.717) is 16.9 Å². The first-order valence-corrected chi connectivity index (χ1v) is 16.1. The van der Waals surface area contributed by atoms with E-state index in [9.17, 15) is 22.4 Å². The molecule has 0 saturated heterocycles.